The minimum atomic E-state index is -0.0818. The highest BCUT2D eigenvalue weighted by molar-refractivity contribution is 5.97. The van der Waals surface area contributed by atoms with Crippen LogP contribution in [-0.2, 0) is 11.2 Å². The first-order chi connectivity index (χ1) is 12.2. The van der Waals surface area contributed by atoms with Gasteiger partial charge in [-0.3, -0.25) is 14.6 Å². The molecule has 0 atom stereocenters. The van der Waals surface area contributed by atoms with Gasteiger partial charge in [-0.05, 0) is 49.1 Å². The number of aryl methyl sites for hydroxylation is 1. The first-order valence-corrected chi connectivity index (χ1v) is 8.52. The molecule has 5 heteroatoms. The number of benzene rings is 1. The summed E-state index contributed by atoms with van der Waals surface area (Å²) < 4.78 is 5.13. The number of amides is 1. The lowest BCUT2D eigenvalue weighted by atomic mass is 10.1. The van der Waals surface area contributed by atoms with Gasteiger partial charge >= 0.3 is 0 Å². The molecule has 1 aromatic carbocycles. The van der Waals surface area contributed by atoms with E-state index >= 15 is 0 Å². The highest BCUT2D eigenvalue weighted by atomic mass is 16.5. The quantitative estimate of drug-likeness (QED) is 0.533. The molecule has 1 aromatic heterocycles. The molecule has 0 saturated carbocycles. The average Bonchev–Trinajstić information content (AvgIpc) is 2.67. The van der Waals surface area contributed by atoms with E-state index in [1.54, 1.807) is 25.4 Å². The number of carbonyl (C=O) groups excluding carboxylic acids is 2. The van der Waals surface area contributed by atoms with Crippen molar-refractivity contribution in [3.8, 4) is 5.75 Å². The number of hydrogen-bond donors (Lipinski definition) is 1. The van der Waals surface area contributed by atoms with Gasteiger partial charge in [-0.15, -0.1) is 0 Å². The summed E-state index contributed by atoms with van der Waals surface area (Å²) in [5.74, 6) is 0.723. The first kappa shape index (κ1) is 18.6. The lowest BCUT2D eigenvalue weighted by Gasteiger charge is -2.06. The van der Waals surface area contributed by atoms with Crippen LogP contribution in [0.3, 0.4) is 0 Å². The summed E-state index contributed by atoms with van der Waals surface area (Å²) in [6.45, 7) is 0.635. The zero-order chi connectivity index (χ0) is 17.9. The van der Waals surface area contributed by atoms with Crippen LogP contribution in [0.15, 0.2) is 48.8 Å². The van der Waals surface area contributed by atoms with Crippen molar-refractivity contribution in [1.82, 2.24) is 10.3 Å². The Balaban J connectivity index is 1.56. The van der Waals surface area contributed by atoms with Gasteiger partial charge in [0.05, 0.1) is 7.11 Å². The summed E-state index contributed by atoms with van der Waals surface area (Å²) in [6.07, 6.45) is 6.46. The Morgan fingerprint density at radius 2 is 1.88 bits per heavy atom. The molecule has 0 aliphatic rings. The van der Waals surface area contributed by atoms with E-state index in [0.717, 1.165) is 25.0 Å². The molecule has 132 valence electrons. The first-order valence-electron chi connectivity index (χ1n) is 8.52. The Kier molecular flexibility index (Phi) is 7.63. The third-order valence-electron chi connectivity index (χ3n) is 3.94. The van der Waals surface area contributed by atoms with Crippen molar-refractivity contribution < 1.29 is 14.3 Å². The summed E-state index contributed by atoms with van der Waals surface area (Å²) in [5.41, 5.74) is 1.81. The number of hydrogen-bond acceptors (Lipinski definition) is 4. The smallest absolute Gasteiger partial charge is 0.220 e. The highest BCUT2D eigenvalue weighted by Crippen LogP contribution is 2.13. The fraction of sp³-hybridized carbons (Fsp3) is 0.350. The molecule has 0 bridgehead atoms. The number of rotatable bonds is 10. The van der Waals surface area contributed by atoms with Crippen molar-refractivity contribution in [1.29, 1.82) is 0 Å². The van der Waals surface area contributed by atoms with Gasteiger partial charge in [0.1, 0.15) is 5.75 Å². The molecular weight excluding hydrogens is 316 g/mol. The van der Waals surface area contributed by atoms with Crippen molar-refractivity contribution in [2.24, 2.45) is 0 Å². The second-order valence-corrected chi connectivity index (χ2v) is 5.82. The summed E-state index contributed by atoms with van der Waals surface area (Å²) >= 11 is 0. The molecule has 0 unspecified atom stereocenters. The largest absolute Gasteiger partial charge is 0.497 e. The van der Waals surface area contributed by atoms with Gasteiger partial charge in [-0.1, -0.05) is 12.1 Å². The van der Waals surface area contributed by atoms with Gasteiger partial charge in [-0.2, -0.15) is 0 Å². The Morgan fingerprint density at radius 1 is 1.08 bits per heavy atom. The molecule has 0 aliphatic heterocycles. The zero-order valence-electron chi connectivity index (χ0n) is 14.5. The van der Waals surface area contributed by atoms with Crippen LogP contribution in [0, 0.1) is 0 Å². The molecule has 5 nitrogen and oxygen atoms in total. The van der Waals surface area contributed by atoms with Gasteiger partial charge in [0, 0.05) is 37.3 Å². The Morgan fingerprint density at radius 3 is 2.56 bits per heavy atom. The normalized spacial score (nSPS) is 10.3. The van der Waals surface area contributed by atoms with Crippen LogP contribution < -0.4 is 10.1 Å². The van der Waals surface area contributed by atoms with E-state index in [1.165, 1.54) is 11.8 Å². The van der Waals surface area contributed by atoms with E-state index in [9.17, 15) is 9.59 Å². The Labute approximate surface area is 148 Å². The van der Waals surface area contributed by atoms with Gasteiger partial charge in [0.2, 0.25) is 5.91 Å². The third kappa shape index (κ3) is 6.75. The van der Waals surface area contributed by atoms with E-state index in [2.05, 4.69) is 22.4 Å². The molecule has 0 spiro atoms. The van der Waals surface area contributed by atoms with Crippen LogP contribution >= 0.6 is 0 Å². The van der Waals surface area contributed by atoms with E-state index < -0.39 is 0 Å². The lowest BCUT2D eigenvalue weighted by molar-refractivity contribution is -0.121. The van der Waals surface area contributed by atoms with Crippen LogP contribution in [0.1, 0.15) is 41.6 Å². The maximum Gasteiger partial charge on any atom is 0.220 e. The number of ketones is 1. The van der Waals surface area contributed by atoms with E-state index in [4.69, 9.17) is 4.74 Å². The molecule has 1 N–H and O–H groups in total. The topological polar surface area (TPSA) is 68.3 Å². The maximum atomic E-state index is 11.9. The molecular formula is C20H24N2O3. The predicted molar refractivity (Wildman–Crippen MR) is 96.7 cm³/mol. The minimum Gasteiger partial charge on any atom is -0.497 e. The van der Waals surface area contributed by atoms with E-state index in [1.807, 2.05) is 12.1 Å². The van der Waals surface area contributed by atoms with Crippen LogP contribution in [-0.4, -0.2) is 30.3 Å². The predicted octanol–water partition coefficient (Wildman–Crippen LogP) is 3.19. The number of nitrogens with zero attached hydrogens (tertiary/aromatic N) is 1. The van der Waals surface area contributed by atoms with Crippen molar-refractivity contribution >= 4 is 11.7 Å². The SMILES string of the molecule is COc1ccc(CCCCNC(=O)CCC(=O)c2cccnc2)cc1. The number of Topliss-reactive ketones (excluding diaryl/α,β-unsaturated/α-hetero) is 1. The molecule has 0 aliphatic carbocycles. The van der Waals surface area contributed by atoms with E-state index in [-0.39, 0.29) is 24.5 Å². The number of unbranched alkanes of at least 4 members (excludes halogenated alkanes) is 1. The lowest BCUT2D eigenvalue weighted by Crippen LogP contribution is -2.24. The Hall–Kier alpha value is -2.69. The fourth-order valence-electron chi connectivity index (χ4n) is 2.46. The molecule has 0 saturated heterocycles. The molecule has 2 rings (SSSR count). The van der Waals surface area contributed by atoms with Crippen LogP contribution in [0.25, 0.3) is 0 Å². The van der Waals surface area contributed by atoms with Gasteiger partial charge in [0.15, 0.2) is 5.78 Å². The van der Waals surface area contributed by atoms with Crippen molar-refractivity contribution in [3.05, 3.63) is 59.9 Å². The summed E-state index contributed by atoms with van der Waals surface area (Å²) in [4.78, 5) is 27.6. The summed E-state index contributed by atoms with van der Waals surface area (Å²) in [6, 6.07) is 11.5. The second kappa shape index (κ2) is 10.2. The summed E-state index contributed by atoms with van der Waals surface area (Å²) in [5, 5.41) is 2.87. The molecule has 2 aromatic rings. The highest BCUT2D eigenvalue weighted by Gasteiger charge is 2.08. The van der Waals surface area contributed by atoms with Gasteiger partial charge < -0.3 is 10.1 Å². The number of pyridine rings is 1. The molecule has 1 amide bonds. The molecule has 0 fully saturated rings. The fourth-order valence-corrected chi connectivity index (χ4v) is 2.46. The van der Waals surface area contributed by atoms with E-state index in [0.29, 0.717) is 12.1 Å². The average molecular weight is 340 g/mol. The maximum absolute atomic E-state index is 11.9. The standard InChI is InChI=1S/C20H24N2O3/c1-25-18-9-7-16(8-10-18)5-2-3-14-22-20(24)12-11-19(23)17-6-4-13-21-15-17/h4,6-10,13,15H,2-3,5,11-12,14H2,1H3,(H,22,24). The van der Waals surface area contributed by atoms with Gasteiger partial charge in [-0.25, -0.2) is 0 Å². The van der Waals surface area contributed by atoms with Crippen molar-refractivity contribution in [2.45, 2.75) is 32.1 Å². The number of nitrogens with one attached hydrogen (secondary N) is 1. The van der Waals surface area contributed by atoms with Crippen molar-refractivity contribution in [3.63, 3.8) is 0 Å². The summed E-state index contributed by atoms with van der Waals surface area (Å²) in [7, 11) is 1.65. The monoisotopic (exact) mass is 340 g/mol. The van der Waals surface area contributed by atoms with Gasteiger partial charge in [0.25, 0.3) is 0 Å². The molecule has 1 heterocycles. The Bertz CT molecular complexity index is 669. The minimum absolute atomic E-state index is 0.0530. The number of carbonyl (C=O) groups is 2. The molecule has 0 radical (unpaired) electrons. The van der Waals surface area contributed by atoms with Crippen LogP contribution in [0.2, 0.25) is 0 Å². The van der Waals surface area contributed by atoms with Crippen LogP contribution in [0.5, 0.6) is 5.75 Å². The number of methoxy groups -OCH3 is 1. The number of ether oxygens (including phenoxy) is 1. The third-order valence-corrected chi connectivity index (χ3v) is 3.94. The zero-order valence-corrected chi connectivity index (χ0v) is 14.5. The van der Waals surface area contributed by atoms with Crippen molar-refractivity contribution in [2.75, 3.05) is 13.7 Å². The molecule has 25 heavy (non-hydrogen) atoms. The second-order valence-electron chi connectivity index (χ2n) is 5.82. The number of aromatic nitrogens is 1. The van der Waals surface area contributed by atoms with Crippen LogP contribution in [0.4, 0.5) is 0 Å².